The molecular weight excluding hydrogens is 164 g/mol. The van der Waals surface area contributed by atoms with Crippen LogP contribution in [0, 0.1) is 6.92 Å². The molecule has 1 aliphatic rings. The van der Waals surface area contributed by atoms with Gasteiger partial charge in [-0.2, -0.15) is 5.10 Å². The van der Waals surface area contributed by atoms with Gasteiger partial charge in [-0.1, -0.05) is 0 Å². The molecule has 1 aromatic heterocycles. The number of hydrogen-bond donors (Lipinski definition) is 1. The molecule has 1 aliphatic carbocycles. The molecule has 0 spiro atoms. The van der Waals surface area contributed by atoms with Gasteiger partial charge in [0.1, 0.15) is 0 Å². The smallest absolute Gasteiger partial charge is 0.0593 e. The van der Waals surface area contributed by atoms with Crippen molar-refractivity contribution in [3.63, 3.8) is 0 Å². The Hall–Kier alpha value is -0.830. The molecule has 72 valence electrons. The summed E-state index contributed by atoms with van der Waals surface area (Å²) < 4.78 is 2.00. The molecular formula is C10H16N2O. The summed E-state index contributed by atoms with van der Waals surface area (Å²) in [5.41, 5.74) is 1.06. The number of aryl methyl sites for hydroxylation is 1. The Kier molecular flexibility index (Phi) is 2.36. The molecule has 0 bridgehead atoms. The van der Waals surface area contributed by atoms with Crippen LogP contribution in [0.15, 0.2) is 12.3 Å². The summed E-state index contributed by atoms with van der Waals surface area (Å²) in [6.07, 6.45) is 5.97. The van der Waals surface area contributed by atoms with Crippen LogP contribution in [-0.2, 0) is 0 Å². The van der Waals surface area contributed by atoms with Gasteiger partial charge >= 0.3 is 0 Å². The summed E-state index contributed by atoms with van der Waals surface area (Å²) in [6.45, 7) is 2.00. The Morgan fingerprint density at radius 3 is 3.00 bits per heavy atom. The Morgan fingerprint density at radius 2 is 2.38 bits per heavy atom. The average Bonchev–Trinajstić information content (AvgIpc) is 2.52. The van der Waals surface area contributed by atoms with E-state index in [2.05, 4.69) is 5.10 Å². The third kappa shape index (κ3) is 1.91. The minimum atomic E-state index is -0.122. The van der Waals surface area contributed by atoms with Gasteiger partial charge in [0.25, 0.3) is 0 Å². The van der Waals surface area contributed by atoms with Crippen molar-refractivity contribution in [1.82, 2.24) is 9.78 Å². The summed E-state index contributed by atoms with van der Waals surface area (Å²) >= 11 is 0. The molecule has 0 amide bonds. The normalized spacial score (nSPS) is 29.1. The molecule has 1 N–H and O–H groups in total. The maximum absolute atomic E-state index is 9.51. The summed E-state index contributed by atoms with van der Waals surface area (Å²) in [5, 5.41) is 13.9. The lowest BCUT2D eigenvalue weighted by atomic mass is 9.93. The Morgan fingerprint density at radius 1 is 1.54 bits per heavy atom. The lowest BCUT2D eigenvalue weighted by Gasteiger charge is -2.25. The van der Waals surface area contributed by atoms with E-state index < -0.39 is 0 Å². The fourth-order valence-electron chi connectivity index (χ4n) is 2.02. The summed E-state index contributed by atoms with van der Waals surface area (Å²) in [7, 11) is 0. The lowest BCUT2D eigenvalue weighted by Crippen LogP contribution is -2.22. The molecule has 2 rings (SSSR count). The number of aromatic nitrogens is 2. The molecule has 0 radical (unpaired) electrons. The first-order valence-corrected chi connectivity index (χ1v) is 4.95. The van der Waals surface area contributed by atoms with Gasteiger partial charge < -0.3 is 5.11 Å². The quantitative estimate of drug-likeness (QED) is 0.713. The second-order valence-corrected chi connectivity index (χ2v) is 3.91. The SMILES string of the molecule is Cc1ccn(C2CCCC(O)C2)n1. The van der Waals surface area contributed by atoms with Crippen molar-refractivity contribution in [2.75, 3.05) is 0 Å². The van der Waals surface area contributed by atoms with E-state index in [1.54, 1.807) is 0 Å². The van der Waals surface area contributed by atoms with Crippen LogP contribution in [0.3, 0.4) is 0 Å². The molecule has 1 fully saturated rings. The highest BCUT2D eigenvalue weighted by Gasteiger charge is 2.21. The van der Waals surface area contributed by atoms with Gasteiger partial charge in [0, 0.05) is 6.20 Å². The molecule has 1 heterocycles. The highest BCUT2D eigenvalue weighted by molar-refractivity contribution is 4.96. The largest absolute Gasteiger partial charge is 0.393 e. The van der Waals surface area contributed by atoms with E-state index in [-0.39, 0.29) is 6.10 Å². The average molecular weight is 180 g/mol. The zero-order chi connectivity index (χ0) is 9.26. The third-order valence-electron chi connectivity index (χ3n) is 2.73. The molecule has 0 aromatic carbocycles. The van der Waals surface area contributed by atoms with Gasteiger partial charge in [0.05, 0.1) is 17.8 Å². The molecule has 0 aliphatic heterocycles. The van der Waals surface area contributed by atoms with Gasteiger partial charge in [-0.3, -0.25) is 4.68 Å². The molecule has 1 aromatic rings. The second kappa shape index (κ2) is 3.50. The zero-order valence-electron chi connectivity index (χ0n) is 7.98. The maximum Gasteiger partial charge on any atom is 0.0593 e. The molecule has 3 heteroatoms. The van der Waals surface area contributed by atoms with Crippen LogP contribution in [0.5, 0.6) is 0 Å². The van der Waals surface area contributed by atoms with Crippen LogP contribution < -0.4 is 0 Å². The fraction of sp³-hybridized carbons (Fsp3) is 0.700. The van der Waals surface area contributed by atoms with Crippen molar-refractivity contribution >= 4 is 0 Å². The minimum Gasteiger partial charge on any atom is -0.393 e. The highest BCUT2D eigenvalue weighted by atomic mass is 16.3. The van der Waals surface area contributed by atoms with Crippen molar-refractivity contribution in [2.45, 2.75) is 44.8 Å². The van der Waals surface area contributed by atoms with Crippen LogP contribution in [0.4, 0.5) is 0 Å². The summed E-state index contributed by atoms with van der Waals surface area (Å²) in [5.74, 6) is 0. The zero-order valence-corrected chi connectivity index (χ0v) is 7.98. The Bertz CT molecular complexity index is 282. The predicted octanol–water partition coefficient (Wildman–Crippen LogP) is 1.67. The van der Waals surface area contributed by atoms with Crippen molar-refractivity contribution in [1.29, 1.82) is 0 Å². The molecule has 2 atom stereocenters. The first-order chi connectivity index (χ1) is 6.25. The fourth-order valence-corrected chi connectivity index (χ4v) is 2.02. The molecule has 13 heavy (non-hydrogen) atoms. The number of aliphatic hydroxyl groups is 1. The van der Waals surface area contributed by atoms with E-state index in [4.69, 9.17) is 0 Å². The van der Waals surface area contributed by atoms with Gasteiger partial charge in [-0.15, -0.1) is 0 Å². The third-order valence-corrected chi connectivity index (χ3v) is 2.73. The van der Waals surface area contributed by atoms with Gasteiger partial charge in [-0.05, 0) is 38.7 Å². The van der Waals surface area contributed by atoms with E-state index in [9.17, 15) is 5.11 Å². The van der Waals surface area contributed by atoms with E-state index in [0.29, 0.717) is 6.04 Å². The summed E-state index contributed by atoms with van der Waals surface area (Å²) in [4.78, 5) is 0. The van der Waals surface area contributed by atoms with E-state index in [1.165, 1.54) is 0 Å². The predicted molar refractivity (Wildman–Crippen MR) is 50.5 cm³/mol. The number of hydrogen-bond acceptors (Lipinski definition) is 2. The monoisotopic (exact) mass is 180 g/mol. The van der Waals surface area contributed by atoms with Gasteiger partial charge in [-0.25, -0.2) is 0 Å². The van der Waals surface area contributed by atoms with Gasteiger partial charge in [0.2, 0.25) is 0 Å². The molecule has 1 saturated carbocycles. The van der Waals surface area contributed by atoms with Crippen LogP contribution in [0.1, 0.15) is 37.4 Å². The van der Waals surface area contributed by atoms with Crippen LogP contribution in [-0.4, -0.2) is 21.0 Å². The van der Waals surface area contributed by atoms with E-state index in [1.807, 2.05) is 23.9 Å². The van der Waals surface area contributed by atoms with Crippen LogP contribution in [0.25, 0.3) is 0 Å². The van der Waals surface area contributed by atoms with Crippen LogP contribution in [0.2, 0.25) is 0 Å². The standard InChI is InChI=1S/C10H16N2O/c1-8-5-6-12(11-8)9-3-2-4-10(13)7-9/h5-6,9-10,13H,2-4,7H2,1H3. The number of rotatable bonds is 1. The summed E-state index contributed by atoms with van der Waals surface area (Å²) in [6, 6.07) is 2.43. The number of aliphatic hydroxyl groups excluding tert-OH is 1. The van der Waals surface area contributed by atoms with Crippen molar-refractivity contribution in [3.8, 4) is 0 Å². The Labute approximate surface area is 78.4 Å². The maximum atomic E-state index is 9.51. The van der Waals surface area contributed by atoms with Gasteiger partial charge in [0.15, 0.2) is 0 Å². The van der Waals surface area contributed by atoms with E-state index in [0.717, 1.165) is 31.4 Å². The minimum absolute atomic E-state index is 0.122. The molecule has 3 nitrogen and oxygen atoms in total. The molecule has 0 saturated heterocycles. The first-order valence-electron chi connectivity index (χ1n) is 4.95. The van der Waals surface area contributed by atoms with Crippen molar-refractivity contribution in [2.24, 2.45) is 0 Å². The first kappa shape index (κ1) is 8.75. The second-order valence-electron chi connectivity index (χ2n) is 3.91. The number of nitrogens with zero attached hydrogens (tertiary/aromatic N) is 2. The Balaban J connectivity index is 2.08. The lowest BCUT2D eigenvalue weighted by molar-refractivity contribution is 0.100. The van der Waals surface area contributed by atoms with Crippen molar-refractivity contribution < 1.29 is 5.11 Å². The highest BCUT2D eigenvalue weighted by Crippen LogP contribution is 2.27. The van der Waals surface area contributed by atoms with Crippen LogP contribution >= 0.6 is 0 Å². The molecule has 2 unspecified atom stereocenters. The van der Waals surface area contributed by atoms with Crippen molar-refractivity contribution in [3.05, 3.63) is 18.0 Å². The van der Waals surface area contributed by atoms with E-state index >= 15 is 0 Å². The topological polar surface area (TPSA) is 38.0 Å².